The Hall–Kier alpha value is -1.46. The molecule has 2 rings (SSSR count). The normalized spacial score (nSPS) is 12.0. The van der Waals surface area contributed by atoms with Crippen LogP contribution in [-0.4, -0.2) is 14.2 Å². The van der Waals surface area contributed by atoms with E-state index in [2.05, 4.69) is 5.43 Å². The molecule has 112 valence electrons. The summed E-state index contributed by atoms with van der Waals surface area (Å²) in [7, 11) is 3.16. The van der Waals surface area contributed by atoms with Crippen LogP contribution >= 0.6 is 23.2 Å². The van der Waals surface area contributed by atoms with E-state index in [-0.39, 0.29) is 6.04 Å². The van der Waals surface area contributed by atoms with E-state index in [0.717, 1.165) is 11.1 Å². The summed E-state index contributed by atoms with van der Waals surface area (Å²) in [4.78, 5) is 0. The first-order valence-electron chi connectivity index (χ1n) is 6.24. The average molecular weight is 327 g/mol. The third kappa shape index (κ3) is 3.24. The second kappa shape index (κ2) is 7.00. The first kappa shape index (κ1) is 15.9. The van der Waals surface area contributed by atoms with Crippen LogP contribution in [0.25, 0.3) is 0 Å². The predicted octanol–water partition coefficient (Wildman–Crippen LogP) is 3.56. The lowest BCUT2D eigenvalue weighted by atomic mass is 9.98. The summed E-state index contributed by atoms with van der Waals surface area (Å²) >= 11 is 12.5. The zero-order chi connectivity index (χ0) is 15.4. The third-order valence-electron chi connectivity index (χ3n) is 3.20. The van der Waals surface area contributed by atoms with Crippen LogP contribution < -0.4 is 20.7 Å². The maximum Gasteiger partial charge on any atom is 0.161 e. The van der Waals surface area contributed by atoms with Crippen molar-refractivity contribution in [3.05, 3.63) is 57.6 Å². The Labute approximate surface area is 133 Å². The summed E-state index contributed by atoms with van der Waals surface area (Å²) in [5.41, 5.74) is 4.32. The molecule has 0 heterocycles. The van der Waals surface area contributed by atoms with E-state index < -0.39 is 0 Å². The maximum absolute atomic E-state index is 6.25. The number of hydrazine groups is 1. The fourth-order valence-electron chi connectivity index (χ4n) is 2.17. The van der Waals surface area contributed by atoms with Gasteiger partial charge in [-0.05, 0) is 29.8 Å². The van der Waals surface area contributed by atoms with Crippen LogP contribution in [0.1, 0.15) is 17.2 Å². The van der Waals surface area contributed by atoms with E-state index >= 15 is 0 Å². The van der Waals surface area contributed by atoms with Crippen LogP contribution in [0.5, 0.6) is 11.5 Å². The van der Waals surface area contributed by atoms with Crippen molar-refractivity contribution < 1.29 is 9.47 Å². The van der Waals surface area contributed by atoms with Crippen LogP contribution in [0.4, 0.5) is 0 Å². The van der Waals surface area contributed by atoms with Crippen molar-refractivity contribution in [2.45, 2.75) is 6.04 Å². The minimum absolute atomic E-state index is 0.356. The number of rotatable bonds is 5. The smallest absolute Gasteiger partial charge is 0.161 e. The van der Waals surface area contributed by atoms with Gasteiger partial charge in [-0.15, -0.1) is 0 Å². The van der Waals surface area contributed by atoms with Crippen molar-refractivity contribution in [2.75, 3.05) is 14.2 Å². The molecule has 0 saturated heterocycles. The van der Waals surface area contributed by atoms with Crippen molar-refractivity contribution in [1.29, 1.82) is 0 Å². The standard InChI is InChI=1S/C15H16Cl2N2O2/c1-20-12-7-6-9(8-13(12)21-2)15(19-18)14-10(16)4-3-5-11(14)17/h3-8,15,19H,18H2,1-2H3. The molecule has 0 spiro atoms. The maximum atomic E-state index is 6.25. The Morgan fingerprint density at radius 2 is 1.62 bits per heavy atom. The summed E-state index contributed by atoms with van der Waals surface area (Å²) < 4.78 is 10.5. The number of methoxy groups -OCH3 is 2. The average Bonchev–Trinajstić information content (AvgIpc) is 2.50. The molecule has 0 aliphatic carbocycles. The number of halogens is 2. The van der Waals surface area contributed by atoms with Gasteiger partial charge in [0.15, 0.2) is 11.5 Å². The van der Waals surface area contributed by atoms with Gasteiger partial charge in [0.25, 0.3) is 0 Å². The molecular formula is C15H16Cl2N2O2. The minimum Gasteiger partial charge on any atom is -0.493 e. The molecule has 1 unspecified atom stereocenters. The second-order valence-electron chi connectivity index (χ2n) is 4.35. The van der Waals surface area contributed by atoms with E-state index in [1.54, 1.807) is 32.4 Å². The van der Waals surface area contributed by atoms with E-state index in [9.17, 15) is 0 Å². The summed E-state index contributed by atoms with van der Waals surface area (Å²) in [6, 6.07) is 10.5. The zero-order valence-electron chi connectivity index (χ0n) is 11.7. The second-order valence-corrected chi connectivity index (χ2v) is 5.16. The van der Waals surface area contributed by atoms with Crippen LogP contribution in [0.2, 0.25) is 10.0 Å². The molecule has 0 saturated carbocycles. The van der Waals surface area contributed by atoms with Gasteiger partial charge in [0.1, 0.15) is 0 Å². The summed E-state index contributed by atoms with van der Waals surface area (Å²) in [5, 5.41) is 1.08. The molecule has 0 bridgehead atoms. The monoisotopic (exact) mass is 326 g/mol. The van der Waals surface area contributed by atoms with Crippen LogP contribution in [0.15, 0.2) is 36.4 Å². The number of ether oxygens (including phenoxy) is 2. The van der Waals surface area contributed by atoms with Crippen molar-refractivity contribution in [3.63, 3.8) is 0 Å². The molecule has 2 aromatic rings. The molecule has 6 heteroatoms. The van der Waals surface area contributed by atoms with E-state index in [4.69, 9.17) is 38.5 Å². The molecule has 4 nitrogen and oxygen atoms in total. The highest BCUT2D eigenvalue weighted by Crippen LogP contribution is 2.37. The number of nitrogens with one attached hydrogen (secondary N) is 1. The van der Waals surface area contributed by atoms with E-state index in [0.29, 0.717) is 21.5 Å². The fourth-order valence-corrected chi connectivity index (χ4v) is 2.78. The Balaban J connectivity index is 2.51. The van der Waals surface area contributed by atoms with Gasteiger partial charge in [0, 0.05) is 15.6 Å². The molecule has 0 aromatic heterocycles. The molecule has 1 atom stereocenters. The van der Waals surface area contributed by atoms with Crippen LogP contribution in [-0.2, 0) is 0 Å². The van der Waals surface area contributed by atoms with Crippen molar-refractivity contribution >= 4 is 23.2 Å². The molecular weight excluding hydrogens is 311 g/mol. The molecule has 3 N–H and O–H groups in total. The summed E-state index contributed by atoms with van der Waals surface area (Å²) in [5.74, 6) is 6.95. The number of benzene rings is 2. The Bertz CT molecular complexity index is 615. The zero-order valence-corrected chi connectivity index (χ0v) is 13.2. The Morgan fingerprint density at radius 1 is 1.00 bits per heavy atom. The van der Waals surface area contributed by atoms with Gasteiger partial charge in [-0.25, -0.2) is 5.43 Å². The summed E-state index contributed by atoms with van der Waals surface area (Å²) in [6.45, 7) is 0. The molecule has 0 radical (unpaired) electrons. The first-order valence-corrected chi connectivity index (χ1v) is 7.00. The molecule has 0 fully saturated rings. The lowest BCUT2D eigenvalue weighted by Crippen LogP contribution is -2.29. The number of hydrogen-bond donors (Lipinski definition) is 2. The quantitative estimate of drug-likeness (QED) is 0.651. The van der Waals surface area contributed by atoms with E-state index in [1.807, 2.05) is 18.2 Å². The van der Waals surface area contributed by atoms with Gasteiger partial charge >= 0.3 is 0 Å². The van der Waals surface area contributed by atoms with Crippen LogP contribution in [0, 0.1) is 0 Å². The van der Waals surface area contributed by atoms with Gasteiger partial charge in [-0.2, -0.15) is 0 Å². The number of nitrogens with two attached hydrogens (primary N) is 1. The van der Waals surface area contributed by atoms with Gasteiger partial charge < -0.3 is 9.47 Å². The van der Waals surface area contributed by atoms with Gasteiger partial charge in [-0.1, -0.05) is 35.3 Å². The van der Waals surface area contributed by atoms with Crippen molar-refractivity contribution in [1.82, 2.24) is 5.43 Å². The molecule has 0 amide bonds. The lowest BCUT2D eigenvalue weighted by molar-refractivity contribution is 0.354. The molecule has 2 aromatic carbocycles. The largest absolute Gasteiger partial charge is 0.493 e. The minimum atomic E-state index is -0.356. The lowest BCUT2D eigenvalue weighted by Gasteiger charge is -2.20. The van der Waals surface area contributed by atoms with Gasteiger partial charge in [-0.3, -0.25) is 5.84 Å². The van der Waals surface area contributed by atoms with Crippen molar-refractivity contribution in [2.24, 2.45) is 5.84 Å². The third-order valence-corrected chi connectivity index (χ3v) is 3.86. The first-order chi connectivity index (χ1) is 10.1. The highest BCUT2D eigenvalue weighted by Gasteiger charge is 2.20. The fraction of sp³-hybridized carbons (Fsp3) is 0.200. The Kier molecular flexibility index (Phi) is 5.31. The predicted molar refractivity (Wildman–Crippen MR) is 85.2 cm³/mol. The molecule has 0 aliphatic rings. The molecule has 21 heavy (non-hydrogen) atoms. The summed E-state index contributed by atoms with van der Waals surface area (Å²) in [6.07, 6.45) is 0. The SMILES string of the molecule is COc1ccc(C(NN)c2c(Cl)cccc2Cl)cc1OC. The van der Waals surface area contributed by atoms with Gasteiger partial charge in [0.2, 0.25) is 0 Å². The highest BCUT2D eigenvalue weighted by molar-refractivity contribution is 6.36. The topological polar surface area (TPSA) is 56.5 Å². The van der Waals surface area contributed by atoms with Crippen LogP contribution in [0.3, 0.4) is 0 Å². The molecule has 0 aliphatic heterocycles. The van der Waals surface area contributed by atoms with Crippen molar-refractivity contribution in [3.8, 4) is 11.5 Å². The van der Waals surface area contributed by atoms with Gasteiger partial charge in [0.05, 0.1) is 20.3 Å². The van der Waals surface area contributed by atoms with E-state index in [1.165, 1.54) is 0 Å². The Morgan fingerprint density at radius 3 is 2.14 bits per heavy atom. The highest BCUT2D eigenvalue weighted by atomic mass is 35.5. The number of hydrogen-bond acceptors (Lipinski definition) is 4.